The number of nitrogens with one attached hydrogen (secondary N) is 2. The second kappa shape index (κ2) is 5.11. The third-order valence-electron chi connectivity index (χ3n) is 3.95. The molecule has 3 heteroatoms. The van der Waals surface area contributed by atoms with Crippen LogP contribution in [-0.4, -0.2) is 24.5 Å². The zero-order valence-electron chi connectivity index (χ0n) is 11.5. The van der Waals surface area contributed by atoms with Crippen molar-refractivity contribution in [2.45, 2.75) is 39.2 Å². The van der Waals surface area contributed by atoms with Crippen LogP contribution in [-0.2, 0) is 0 Å². The van der Waals surface area contributed by atoms with Gasteiger partial charge >= 0.3 is 0 Å². The van der Waals surface area contributed by atoms with Crippen LogP contribution in [0.15, 0.2) is 18.2 Å². The van der Waals surface area contributed by atoms with Crippen molar-refractivity contribution in [2.24, 2.45) is 0 Å². The standard InChI is InChI=1S/C15H22N2O/c1-11-6-4-7-13(12(11)2)14(18)16-10-15(3)8-5-9-17-15/h4,6-7,17H,5,8-10H2,1-3H3,(H,16,18). The second-order valence-electron chi connectivity index (χ2n) is 5.52. The molecule has 1 unspecified atom stereocenters. The van der Waals surface area contributed by atoms with Crippen LogP contribution in [0.25, 0.3) is 0 Å². The summed E-state index contributed by atoms with van der Waals surface area (Å²) in [5.41, 5.74) is 3.08. The fraction of sp³-hybridized carbons (Fsp3) is 0.533. The average molecular weight is 246 g/mol. The molecule has 1 aromatic carbocycles. The SMILES string of the molecule is Cc1cccc(C(=O)NCC2(C)CCCN2)c1C. The van der Waals surface area contributed by atoms with E-state index in [9.17, 15) is 4.79 Å². The highest BCUT2D eigenvalue weighted by atomic mass is 16.1. The van der Waals surface area contributed by atoms with Crippen LogP contribution >= 0.6 is 0 Å². The molecule has 1 saturated heterocycles. The Bertz CT molecular complexity index is 448. The summed E-state index contributed by atoms with van der Waals surface area (Å²) >= 11 is 0. The smallest absolute Gasteiger partial charge is 0.251 e. The first-order chi connectivity index (χ1) is 8.52. The minimum atomic E-state index is 0.0334. The van der Waals surface area contributed by atoms with Crippen molar-refractivity contribution in [2.75, 3.05) is 13.1 Å². The Kier molecular flexibility index (Phi) is 3.71. The van der Waals surface area contributed by atoms with Gasteiger partial charge in [-0.25, -0.2) is 0 Å². The highest BCUT2D eigenvalue weighted by Crippen LogP contribution is 2.18. The Morgan fingerprint density at radius 1 is 1.44 bits per heavy atom. The molecule has 2 N–H and O–H groups in total. The van der Waals surface area contributed by atoms with Crippen LogP contribution in [0.1, 0.15) is 41.3 Å². The van der Waals surface area contributed by atoms with Crippen LogP contribution in [0, 0.1) is 13.8 Å². The third-order valence-corrected chi connectivity index (χ3v) is 3.95. The lowest BCUT2D eigenvalue weighted by molar-refractivity contribution is 0.0942. The quantitative estimate of drug-likeness (QED) is 0.858. The summed E-state index contributed by atoms with van der Waals surface area (Å²) in [6.45, 7) is 7.95. The number of hydrogen-bond donors (Lipinski definition) is 2. The van der Waals surface area contributed by atoms with E-state index in [0.29, 0.717) is 6.54 Å². The Hall–Kier alpha value is -1.35. The zero-order chi connectivity index (χ0) is 13.2. The number of hydrogen-bond acceptors (Lipinski definition) is 2. The van der Waals surface area contributed by atoms with Gasteiger partial charge in [-0.1, -0.05) is 12.1 Å². The molecule has 1 fully saturated rings. The van der Waals surface area contributed by atoms with Crippen LogP contribution in [0.2, 0.25) is 0 Å². The second-order valence-corrected chi connectivity index (χ2v) is 5.52. The van der Waals surface area contributed by atoms with Crippen molar-refractivity contribution in [3.63, 3.8) is 0 Å². The fourth-order valence-electron chi connectivity index (χ4n) is 2.48. The van der Waals surface area contributed by atoms with Gasteiger partial charge in [-0.3, -0.25) is 4.79 Å². The van der Waals surface area contributed by atoms with Gasteiger partial charge in [0.25, 0.3) is 5.91 Å². The van der Waals surface area contributed by atoms with Gasteiger partial charge in [0.15, 0.2) is 0 Å². The molecule has 98 valence electrons. The van der Waals surface area contributed by atoms with E-state index in [1.807, 2.05) is 32.0 Å². The van der Waals surface area contributed by atoms with Crippen molar-refractivity contribution in [3.05, 3.63) is 34.9 Å². The summed E-state index contributed by atoms with van der Waals surface area (Å²) in [6, 6.07) is 5.86. The molecule has 0 bridgehead atoms. The number of aryl methyl sites for hydroxylation is 1. The van der Waals surface area contributed by atoms with Crippen molar-refractivity contribution in [1.82, 2.24) is 10.6 Å². The van der Waals surface area contributed by atoms with E-state index in [2.05, 4.69) is 17.6 Å². The lowest BCUT2D eigenvalue weighted by Gasteiger charge is -2.24. The van der Waals surface area contributed by atoms with E-state index in [1.54, 1.807) is 0 Å². The molecule has 0 saturated carbocycles. The monoisotopic (exact) mass is 246 g/mol. The summed E-state index contributed by atoms with van der Waals surface area (Å²) < 4.78 is 0. The van der Waals surface area contributed by atoms with Crippen LogP contribution in [0.5, 0.6) is 0 Å². The first-order valence-corrected chi connectivity index (χ1v) is 6.61. The number of amides is 1. The lowest BCUT2D eigenvalue weighted by Crippen LogP contribution is -2.47. The minimum Gasteiger partial charge on any atom is -0.350 e. The predicted octanol–water partition coefficient (Wildman–Crippen LogP) is 2.18. The van der Waals surface area contributed by atoms with Crippen molar-refractivity contribution < 1.29 is 4.79 Å². The lowest BCUT2D eigenvalue weighted by atomic mass is 9.99. The molecular weight excluding hydrogens is 224 g/mol. The van der Waals surface area contributed by atoms with E-state index in [4.69, 9.17) is 0 Å². The molecule has 0 aromatic heterocycles. The molecule has 0 radical (unpaired) electrons. The molecule has 0 aliphatic carbocycles. The number of rotatable bonds is 3. The highest BCUT2D eigenvalue weighted by Gasteiger charge is 2.28. The maximum atomic E-state index is 12.2. The molecule has 0 spiro atoms. The Morgan fingerprint density at radius 3 is 2.89 bits per heavy atom. The van der Waals surface area contributed by atoms with Gasteiger partial charge in [0.05, 0.1) is 0 Å². The Morgan fingerprint density at radius 2 is 2.22 bits per heavy atom. The molecule has 2 rings (SSSR count). The molecule has 1 heterocycles. The maximum Gasteiger partial charge on any atom is 0.251 e. The summed E-state index contributed by atoms with van der Waals surface area (Å²) in [6.07, 6.45) is 2.32. The molecule has 1 aliphatic rings. The van der Waals surface area contributed by atoms with Gasteiger partial charge in [-0.15, -0.1) is 0 Å². The largest absolute Gasteiger partial charge is 0.350 e. The van der Waals surface area contributed by atoms with Gasteiger partial charge in [0.2, 0.25) is 0 Å². The van der Waals surface area contributed by atoms with Gasteiger partial charge in [0.1, 0.15) is 0 Å². The summed E-state index contributed by atoms with van der Waals surface area (Å²) in [5, 5.41) is 6.50. The Labute approximate surface area is 109 Å². The van der Waals surface area contributed by atoms with Gasteiger partial charge < -0.3 is 10.6 Å². The molecule has 1 aromatic rings. The van der Waals surface area contributed by atoms with Crippen molar-refractivity contribution in [3.8, 4) is 0 Å². The first kappa shape index (κ1) is 13.1. The topological polar surface area (TPSA) is 41.1 Å². The van der Waals surface area contributed by atoms with Gasteiger partial charge in [-0.05, 0) is 57.4 Å². The number of carbonyl (C=O) groups is 1. The highest BCUT2D eigenvalue weighted by molar-refractivity contribution is 5.95. The fourth-order valence-corrected chi connectivity index (χ4v) is 2.48. The molecule has 18 heavy (non-hydrogen) atoms. The van der Waals surface area contributed by atoms with Crippen LogP contribution in [0.3, 0.4) is 0 Å². The zero-order valence-corrected chi connectivity index (χ0v) is 11.5. The van der Waals surface area contributed by atoms with Crippen molar-refractivity contribution in [1.29, 1.82) is 0 Å². The molecular formula is C15H22N2O. The summed E-state index contributed by atoms with van der Waals surface area (Å²) in [5.74, 6) is 0.0334. The normalized spacial score (nSPS) is 23.1. The average Bonchev–Trinajstić information content (AvgIpc) is 2.77. The summed E-state index contributed by atoms with van der Waals surface area (Å²) in [7, 11) is 0. The molecule has 3 nitrogen and oxygen atoms in total. The Balaban J connectivity index is 2.01. The maximum absolute atomic E-state index is 12.2. The first-order valence-electron chi connectivity index (χ1n) is 6.61. The van der Waals surface area contributed by atoms with E-state index in [0.717, 1.165) is 29.7 Å². The molecule has 1 atom stereocenters. The minimum absolute atomic E-state index is 0.0334. The van der Waals surface area contributed by atoms with Crippen molar-refractivity contribution >= 4 is 5.91 Å². The van der Waals surface area contributed by atoms with Gasteiger partial charge in [-0.2, -0.15) is 0 Å². The van der Waals surface area contributed by atoms with Crippen LogP contribution in [0.4, 0.5) is 0 Å². The van der Waals surface area contributed by atoms with E-state index in [-0.39, 0.29) is 11.4 Å². The van der Waals surface area contributed by atoms with E-state index < -0.39 is 0 Å². The van der Waals surface area contributed by atoms with Gasteiger partial charge in [0, 0.05) is 17.6 Å². The van der Waals surface area contributed by atoms with E-state index in [1.165, 1.54) is 6.42 Å². The molecule has 1 amide bonds. The third kappa shape index (κ3) is 2.72. The number of carbonyl (C=O) groups excluding carboxylic acids is 1. The predicted molar refractivity (Wildman–Crippen MR) is 73.9 cm³/mol. The van der Waals surface area contributed by atoms with E-state index >= 15 is 0 Å². The summed E-state index contributed by atoms with van der Waals surface area (Å²) in [4.78, 5) is 12.2. The van der Waals surface area contributed by atoms with Crippen LogP contribution < -0.4 is 10.6 Å². The molecule has 1 aliphatic heterocycles. The number of benzene rings is 1.